The lowest BCUT2D eigenvalue weighted by molar-refractivity contribution is -0.404. The van der Waals surface area contributed by atoms with E-state index >= 15 is 0 Å². The number of nitrogens with one attached hydrogen (secondary N) is 1. The molecule has 0 aliphatic heterocycles. The van der Waals surface area contributed by atoms with E-state index in [0.717, 1.165) is 12.8 Å². The van der Waals surface area contributed by atoms with Gasteiger partial charge in [-0.1, -0.05) is 13.8 Å². The Kier molecular flexibility index (Phi) is 9.23. The van der Waals surface area contributed by atoms with Crippen molar-refractivity contribution in [2.75, 3.05) is 6.54 Å². The van der Waals surface area contributed by atoms with E-state index in [4.69, 9.17) is 5.11 Å². The van der Waals surface area contributed by atoms with Crippen LogP contribution in [0.5, 0.6) is 5.75 Å². The Balaban J connectivity index is 0.000000541. The van der Waals surface area contributed by atoms with E-state index in [0.29, 0.717) is 24.7 Å². The van der Waals surface area contributed by atoms with Gasteiger partial charge in [-0.05, 0) is 26.7 Å². The summed E-state index contributed by atoms with van der Waals surface area (Å²) in [5.74, 6) is -1.21. The second-order valence-electron chi connectivity index (χ2n) is 6.31. The number of phenolic OH excluding ortho intramolecular Hbond substituents is 1. The van der Waals surface area contributed by atoms with Crippen molar-refractivity contribution in [3.63, 3.8) is 0 Å². The number of aromatic hydroxyl groups is 1. The Bertz CT molecular complexity index is 648. The number of nitrogens with zero attached hydrogens (tertiary/aromatic N) is 3. The fraction of sp³-hybridized carbons (Fsp3) is 0.600. The Morgan fingerprint density at radius 3 is 1.67 bits per heavy atom. The number of nitro benzene ring substituents is 3. The van der Waals surface area contributed by atoms with Gasteiger partial charge in [0.1, 0.15) is 0 Å². The molecule has 27 heavy (non-hydrogen) atoms. The van der Waals surface area contributed by atoms with Crippen molar-refractivity contribution in [2.45, 2.75) is 52.2 Å². The first-order valence-corrected chi connectivity index (χ1v) is 8.09. The summed E-state index contributed by atoms with van der Waals surface area (Å²) in [7, 11) is 0. The predicted molar refractivity (Wildman–Crippen MR) is 96.7 cm³/mol. The van der Waals surface area contributed by atoms with Crippen molar-refractivity contribution in [1.82, 2.24) is 5.32 Å². The van der Waals surface area contributed by atoms with E-state index in [1.807, 2.05) is 13.8 Å². The third-order valence-electron chi connectivity index (χ3n) is 3.47. The summed E-state index contributed by atoms with van der Waals surface area (Å²) in [5.41, 5.74) is -3.58. The van der Waals surface area contributed by atoms with Crippen LogP contribution in [0.25, 0.3) is 0 Å². The molecule has 1 aromatic rings. The zero-order valence-electron chi connectivity index (χ0n) is 15.5. The largest absolute Gasteiger partial charge is 0.497 e. The second-order valence-corrected chi connectivity index (χ2v) is 6.31. The third-order valence-corrected chi connectivity index (χ3v) is 3.47. The van der Waals surface area contributed by atoms with Gasteiger partial charge in [-0.2, -0.15) is 0 Å². The summed E-state index contributed by atoms with van der Waals surface area (Å²) in [6.07, 6.45) is 2.26. The molecule has 0 aliphatic carbocycles. The van der Waals surface area contributed by atoms with Crippen molar-refractivity contribution in [3.05, 3.63) is 42.5 Å². The maximum Gasteiger partial charge on any atom is 0.324 e. The van der Waals surface area contributed by atoms with Crippen LogP contribution in [0.4, 0.5) is 17.1 Å². The Morgan fingerprint density at radius 1 is 1.00 bits per heavy atom. The highest BCUT2D eigenvalue weighted by Crippen LogP contribution is 2.38. The molecule has 0 unspecified atom stereocenters. The van der Waals surface area contributed by atoms with E-state index in [2.05, 4.69) is 19.2 Å². The molecule has 0 saturated heterocycles. The number of rotatable bonds is 8. The van der Waals surface area contributed by atoms with Crippen molar-refractivity contribution in [2.24, 2.45) is 0 Å². The van der Waals surface area contributed by atoms with Crippen LogP contribution < -0.4 is 5.32 Å². The molecule has 0 atom stereocenters. The van der Waals surface area contributed by atoms with Crippen LogP contribution in [0.3, 0.4) is 0 Å². The number of nitro groups is 3. The highest BCUT2D eigenvalue weighted by molar-refractivity contribution is 5.64. The summed E-state index contributed by atoms with van der Waals surface area (Å²) in [6, 6.07) is 1.45. The first-order chi connectivity index (χ1) is 12.3. The van der Waals surface area contributed by atoms with E-state index in [9.17, 15) is 35.4 Å². The minimum atomic E-state index is -1.21. The lowest BCUT2D eigenvalue weighted by Crippen LogP contribution is -2.40. The highest BCUT2D eigenvalue weighted by Gasteiger charge is 2.30. The SMILES string of the molecule is CCC(CC)NCC(C)(C)O.O=[N+]([O-])c1cc([N+](=O)[O-])c(O)c([N+](=O)[O-])c1. The normalized spacial score (nSPS) is 10.9. The monoisotopic (exact) mass is 388 g/mol. The lowest BCUT2D eigenvalue weighted by Gasteiger charge is -2.22. The number of non-ortho nitro benzene ring substituents is 1. The van der Waals surface area contributed by atoms with Crippen LogP contribution in [0.1, 0.15) is 40.5 Å². The Hall–Kier alpha value is -2.86. The molecular formula is C15H24N4O8. The molecule has 152 valence electrons. The van der Waals surface area contributed by atoms with Gasteiger partial charge in [0.15, 0.2) is 0 Å². The average Bonchev–Trinajstić information content (AvgIpc) is 2.54. The second kappa shape index (κ2) is 10.3. The molecule has 0 saturated carbocycles. The van der Waals surface area contributed by atoms with Crippen molar-refractivity contribution >= 4 is 17.1 Å². The quantitative estimate of drug-likeness (QED) is 0.445. The summed E-state index contributed by atoms with van der Waals surface area (Å²) in [4.78, 5) is 27.8. The maximum absolute atomic E-state index is 10.4. The molecule has 12 nitrogen and oxygen atoms in total. The summed E-state index contributed by atoms with van der Waals surface area (Å²) >= 11 is 0. The molecule has 0 aromatic heterocycles. The molecule has 0 heterocycles. The summed E-state index contributed by atoms with van der Waals surface area (Å²) < 4.78 is 0. The number of aliphatic hydroxyl groups is 1. The van der Waals surface area contributed by atoms with Gasteiger partial charge >= 0.3 is 11.4 Å². The lowest BCUT2D eigenvalue weighted by atomic mass is 10.1. The van der Waals surface area contributed by atoms with E-state index < -0.39 is 43.2 Å². The van der Waals surface area contributed by atoms with Gasteiger partial charge in [0, 0.05) is 12.6 Å². The molecule has 1 rings (SSSR count). The van der Waals surface area contributed by atoms with E-state index in [-0.39, 0.29) is 0 Å². The summed E-state index contributed by atoms with van der Waals surface area (Å²) in [5, 5.41) is 52.9. The molecule has 0 radical (unpaired) electrons. The molecule has 12 heteroatoms. The number of phenols is 1. The van der Waals surface area contributed by atoms with Crippen LogP contribution in [-0.4, -0.2) is 43.2 Å². The van der Waals surface area contributed by atoms with Gasteiger partial charge in [-0.15, -0.1) is 0 Å². The van der Waals surface area contributed by atoms with Gasteiger partial charge in [0.05, 0.1) is 32.5 Å². The zero-order valence-corrected chi connectivity index (χ0v) is 15.5. The Labute approximate surface area is 155 Å². The predicted octanol–water partition coefficient (Wildman–Crippen LogP) is 2.65. The summed E-state index contributed by atoms with van der Waals surface area (Å²) in [6.45, 7) is 8.64. The van der Waals surface area contributed by atoms with E-state index in [1.165, 1.54) is 0 Å². The first kappa shape index (κ1) is 24.1. The minimum absolute atomic E-state index is 0.447. The molecule has 3 N–H and O–H groups in total. The fourth-order valence-corrected chi connectivity index (χ4v) is 1.94. The molecule has 0 fully saturated rings. The van der Waals surface area contributed by atoms with Crippen LogP contribution in [0, 0.1) is 30.3 Å². The minimum Gasteiger partial charge on any atom is -0.497 e. The zero-order chi connectivity index (χ0) is 21.4. The molecule has 0 amide bonds. The van der Waals surface area contributed by atoms with E-state index in [1.54, 1.807) is 0 Å². The van der Waals surface area contributed by atoms with Crippen LogP contribution in [-0.2, 0) is 0 Å². The van der Waals surface area contributed by atoms with Crippen LogP contribution >= 0.6 is 0 Å². The van der Waals surface area contributed by atoms with Crippen molar-refractivity contribution in [3.8, 4) is 5.75 Å². The highest BCUT2D eigenvalue weighted by atomic mass is 16.6. The maximum atomic E-state index is 10.4. The van der Waals surface area contributed by atoms with Crippen molar-refractivity contribution in [1.29, 1.82) is 0 Å². The van der Waals surface area contributed by atoms with Crippen LogP contribution in [0.15, 0.2) is 12.1 Å². The van der Waals surface area contributed by atoms with Gasteiger partial charge < -0.3 is 15.5 Å². The molecule has 0 bridgehead atoms. The fourth-order valence-electron chi connectivity index (χ4n) is 1.94. The first-order valence-electron chi connectivity index (χ1n) is 8.09. The molecule has 0 aliphatic rings. The molecular weight excluding hydrogens is 364 g/mol. The van der Waals surface area contributed by atoms with Gasteiger partial charge in [-0.3, -0.25) is 30.3 Å². The topological polar surface area (TPSA) is 182 Å². The van der Waals surface area contributed by atoms with Gasteiger partial charge in [0.25, 0.3) is 11.4 Å². The number of benzene rings is 1. The number of hydrogen-bond acceptors (Lipinski definition) is 9. The average molecular weight is 388 g/mol. The molecule has 0 spiro atoms. The molecule has 1 aromatic carbocycles. The smallest absolute Gasteiger partial charge is 0.324 e. The third kappa shape index (κ3) is 8.37. The number of hydrogen-bond donors (Lipinski definition) is 3. The Morgan fingerprint density at radius 2 is 1.41 bits per heavy atom. The van der Waals surface area contributed by atoms with Gasteiger partial charge in [0.2, 0.25) is 0 Å². The van der Waals surface area contributed by atoms with Gasteiger partial charge in [-0.25, -0.2) is 0 Å². The van der Waals surface area contributed by atoms with Crippen LogP contribution in [0.2, 0.25) is 0 Å². The van der Waals surface area contributed by atoms with Crippen molar-refractivity contribution < 1.29 is 25.0 Å². The standard InChI is InChI=1S/C9H21NO.C6H3N3O7/c1-5-8(6-2)10-7-9(3,4)11;10-6-4(8(13)14)1-3(7(11)12)2-5(6)9(15)16/h8,10-11H,5-7H2,1-4H3;1-2,10H.